The number of carbonyl (C=O) groups excluding carboxylic acids is 1. The Hall–Kier alpha value is -2.77. The lowest BCUT2D eigenvalue weighted by molar-refractivity contribution is 0.102. The van der Waals surface area contributed by atoms with Crippen molar-refractivity contribution in [3.63, 3.8) is 0 Å². The highest BCUT2D eigenvalue weighted by Gasteiger charge is 2.20. The first-order valence-corrected chi connectivity index (χ1v) is 8.34. The first kappa shape index (κ1) is 17.1. The van der Waals surface area contributed by atoms with E-state index in [9.17, 15) is 4.79 Å². The predicted molar refractivity (Wildman–Crippen MR) is 93.5 cm³/mol. The van der Waals surface area contributed by atoms with Crippen LogP contribution in [0.5, 0.6) is 0 Å². The van der Waals surface area contributed by atoms with Gasteiger partial charge in [0.1, 0.15) is 5.82 Å². The molecule has 3 heterocycles. The molecule has 0 unspecified atom stereocenters. The molecule has 3 aromatic heterocycles. The fourth-order valence-electron chi connectivity index (χ4n) is 2.59. The Morgan fingerprint density at radius 1 is 1.28 bits per heavy atom. The first-order valence-electron chi connectivity index (χ1n) is 8.34. The van der Waals surface area contributed by atoms with Crippen LogP contribution in [-0.2, 0) is 6.42 Å². The number of H-pyrrole nitrogens is 1. The number of aromatic amines is 1. The minimum absolute atomic E-state index is 0.155. The van der Waals surface area contributed by atoms with Gasteiger partial charge in [-0.15, -0.1) is 5.10 Å². The Labute approximate surface area is 145 Å². The number of nitrogens with one attached hydrogen (secondary N) is 2. The quantitative estimate of drug-likeness (QED) is 0.736. The first-order chi connectivity index (χ1) is 11.8. The molecule has 0 saturated heterocycles. The van der Waals surface area contributed by atoms with E-state index in [1.54, 1.807) is 13.0 Å². The molecule has 25 heavy (non-hydrogen) atoms. The van der Waals surface area contributed by atoms with Crippen LogP contribution in [0.1, 0.15) is 61.2 Å². The molecule has 0 aromatic carbocycles. The van der Waals surface area contributed by atoms with Gasteiger partial charge in [0.25, 0.3) is 11.6 Å². The van der Waals surface area contributed by atoms with Crippen LogP contribution in [0.25, 0.3) is 11.1 Å². The lowest BCUT2D eigenvalue weighted by atomic mass is 10.0. The van der Waals surface area contributed by atoms with Crippen LogP contribution in [0.2, 0.25) is 0 Å². The van der Waals surface area contributed by atoms with Crippen LogP contribution in [0.15, 0.2) is 10.6 Å². The summed E-state index contributed by atoms with van der Waals surface area (Å²) in [5, 5.41) is 14.2. The molecule has 0 aliphatic rings. The lowest BCUT2D eigenvalue weighted by Gasteiger charge is -2.08. The summed E-state index contributed by atoms with van der Waals surface area (Å²) in [6.07, 6.45) is 0.768. The Kier molecular flexibility index (Phi) is 4.52. The number of anilines is 1. The van der Waals surface area contributed by atoms with Gasteiger partial charge in [-0.05, 0) is 24.8 Å². The average molecular weight is 342 g/mol. The number of carbonyl (C=O) groups is 1. The SMILES string of the molecule is Cc1noc2nc(C(C)C)cc(C(=O)Nc3n[nH]c(CC(C)C)n3)c12. The number of nitrogens with zero attached hydrogens (tertiary/aromatic N) is 4. The minimum atomic E-state index is -0.310. The molecule has 1 amide bonds. The number of hydrogen-bond donors (Lipinski definition) is 2. The van der Waals surface area contributed by atoms with Crippen LogP contribution in [0, 0.1) is 12.8 Å². The van der Waals surface area contributed by atoms with E-state index in [0.717, 1.165) is 17.9 Å². The molecule has 8 heteroatoms. The zero-order valence-electron chi connectivity index (χ0n) is 15.0. The largest absolute Gasteiger partial charge is 0.336 e. The molecule has 2 N–H and O–H groups in total. The molecule has 0 atom stereocenters. The van der Waals surface area contributed by atoms with Gasteiger partial charge in [-0.25, -0.2) is 4.98 Å². The summed E-state index contributed by atoms with van der Waals surface area (Å²) in [5.74, 6) is 1.29. The number of hydrogen-bond acceptors (Lipinski definition) is 6. The summed E-state index contributed by atoms with van der Waals surface area (Å²) in [7, 11) is 0. The fraction of sp³-hybridized carbons (Fsp3) is 0.471. The Bertz CT molecular complexity index is 909. The van der Waals surface area contributed by atoms with Crippen LogP contribution >= 0.6 is 0 Å². The van der Waals surface area contributed by atoms with Gasteiger partial charge < -0.3 is 4.52 Å². The lowest BCUT2D eigenvalue weighted by Crippen LogP contribution is -2.15. The third-order valence-corrected chi connectivity index (χ3v) is 3.83. The summed E-state index contributed by atoms with van der Waals surface area (Å²) >= 11 is 0. The normalized spacial score (nSPS) is 11.6. The summed E-state index contributed by atoms with van der Waals surface area (Å²) in [6.45, 7) is 9.99. The van der Waals surface area contributed by atoms with E-state index in [4.69, 9.17) is 4.52 Å². The van der Waals surface area contributed by atoms with Gasteiger partial charge in [0, 0.05) is 12.1 Å². The highest BCUT2D eigenvalue weighted by atomic mass is 16.5. The van der Waals surface area contributed by atoms with Crippen LogP contribution in [0.3, 0.4) is 0 Å². The van der Waals surface area contributed by atoms with Gasteiger partial charge in [0.05, 0.1) is 16.6 Å². The average Bonchev–Trinajstić information content (AvgIpc) is 3.12. The van der Waals surface area contributed by atoms with E-state index in [0.29, 0.717) is 28.3 Å². The number of amides is 1. The topological polar surface area (TPSA) is 110 Å². The van der Waals surface area contributed by atoms with E-state index < -0.39 is 0 Å². The second kappa shape index (κ2) is 6.62. The second-order valence-corrected chi connectivity index (χ2v) is 6.86. The molecule has 3 aromatic rings. The monoisotopic (exact) mass is 342 g/mol. The van der Waals surface area contributed by atoms with Crippen molar-refractivity contribution < 1.29 is 9.32 Å². The zero-order valence-corrected chi connectivity index (χ0v) is 15.0. The third kappa shape index (κ3) is 3.52. The molecule has 0 spiro atoms. The molecular formula is C17H22N6O2. The molecule has 0 fully saturated rings. The molecule has 0 radical (unpaired) electrons. The van der Waals surface area contributed by atoms with Gasteiger partial charge >= 0.3 is 0 Å². The number of aryl methyl sites for hydroxylation is 1. The molecule has 0 aliphatic carbocycles. The summed E-state index contributed by atoms with van der Waals surface area (Å²) in [4.78, 5) is 21.5. The molecule has 3 rings (SSSR count). The molecular weight excluding hydrogens is 320 g/mol. The van der Waals surface area contributed by atoms with Crippen molar-refractivity contribution in [3.8, 4) is 0 Å². The van der Waals surface area contributed by atoms with Gasteiger partial charge in [0.15, 0.2) is 0 Å². The van der Waals surface area contributed by atoms with Gasteiger partial charge in [0.2, 0.25) is 5.95 Å². The standard InChI is InChI=1S/C17H22N6O2/c1-8(2)6-13-19-17(22-21-13)20-15(24)11-7-12(9(3)4)18-16-14(11)10(5)23-25-16/h7-9H,6H2,1-5H3,(H2,19,20,21,22,24). The highest BCUT2D eigenvalue weighted by Crippen LogP contribution is 2.25. The van der Waals surface area contributed by atoms with Crippen molar-refractivity contribution in [3.05, 3.63) is 28.8 Å². The van der Waals surface area contributed by atoms with E-state index >= 15 is 0 Å². The summed E-state index contributed by atoms with van der Waals surface area (Å²) in [5.41, 5.74) is 2.22. The maximum absolute atomic E-state index is 12.8. The maximum Gasteiger partial charge on any atom is 0.259 e. The number of fused-ring (bicyclic) bond motifs is 1. The molecule has 0 bridgehead atoms. The van der Waals surface area contributed by atoms with Crippen LogP contribution in [0.4, 0.5) is 5.95 Å². The Morgan fingerprint density at radius 3 is 2.72 bits per heavy atom. The van der Waals surface area contributed by atoms with E-state index in [-0.39, 0.29) is 17.8 Å². The smallest absolute Gasteiger partial charge is 0.259 e. The van der Waals surface area contributed by atoms with Crippen LogP contribution < -0.4 is 5.32 Å². The van der Waals surface area contributed by atoms with Crippen molar-refractivity contribution >= 4 is 23.0 Å². The number of rotatable bonds is 5. The molecule has 0 saturated carbocycles. The molecule has 0 aliphatic heterocycles. The second-order valence-electron chi connectivity index (χ2n) is 6.86. The van der Waals surface area contributed by atoms with E-state index in [2.05, 4.69) is 44.5 Å². The van der Waals surface area contributed by atoms with E-state index in [1.807, 2.05) is 13.8 Å². The van der Waals surface area contributed by atoms with Crippen molar-refractivity contribution in [2.75, 3.05) is 5.32 Å². The fourth-order valence-corrected chi connectivity index (χ4v) is 2.59. The van der Waals surface area contributed by atoms with Gasteiger partial charge in [-0.2, -0.15) is 4.98 Å². The van der Waals surface area contributed by atoms with Crippen molar-refractivity contribution in [1.82, 2.24) is 25.3 Å². The maximum atomic E-state index is 12.8. The number of pyridine rings is 1. The van der Waals surface area contributed by atoms with E-state index in [1.165, 1.54) is 0 Å². The zero-order chi connectivity index (χ0) is 18.1. The molecule has 132 valence electrons. The Balaban J connectivity index is 1.93. The highest BCUT2D eigenvalue weighted by molar-refractivity contribution is 6.11. The van der Waals surface area contributed by atoms with Crippen molar-refractivity contribution in [1.29, 1.82) is 0 Å². The van der Waals surface area contributed by atoms with Crippen LogP contribution in [-0.4, -0.2) is 31.2 Å². The Morgan fingerprint density at radius 2 is 2.04 bits per heavy atom. The molecule has 8 nitrogen and oxygen atoms in total. The summed E-state index contributed by atoms with van der Waals surface area (Å²) < 4.78 is 5.25. The number of aromatic nitrogens is 5. The van der Waals surface area contributed by atoms with Gasteiger partial charge in [-0.1, -0.05) is 32.9 Å². The summed E-state index contributed by atoms with van der Waals surface area (Å²) in [6, 6.07) is 1.77. The van der Waals surface area contributed by atoms with Crippen molar-refractivity contribution in [2.24, 2.45) is 5.92 Å². The predicted octanol–water partition coefficient (Wildman–Crippen LogP) is 3.22. The third-order valence-electron chi connectivity index (χ3n) is 3.83. The minimum Gasteiger partial charge on any atom is -0.336 e. The van der Waals surface area contributed by atoms with Crippen molar-refractivity contribution in [2.45, 2.75) is 47.0 Å². The van der Waals surface area contributed by atoms with Gasteiger partial charge in [-0.3, -0.25) is 15.2 Å².